The number of thiocarbonyl (C=S) groups is 1. The Hall–Kier alpha value is -2.99. The van der Waals surface area contributed by atoms with E-state index < -0.39 is 11.8 Å². The number of nitrogens with one attached hydrogen (secondary N) is 1. The summed E-state index contributed by atoms with van der Waals surface area (Å²) in [6.07, 6.45) is 2.42. The van der Waals surface area contributed by atoms with Gasteiger partial charge in [-0.05, 0) is 56.3 Å². The molecule has 1 fully saturated rings. The number of anilines is 1. The molecule has 1 aliphatic heterocycles. The van der Waals surface area contributed by atoms with Crippen molar-refractivity contribution in [2.75, 3.05) is 4.90 Å². The van der Waals surface area contributed by atoms with Gasteiger partial charge in [-0.2, -0.15) is 0 Å². The maximum atomic E-state index is 13.2. The Balaban J connectivity index is 2.02. The molecule has 0 bridgehead atoms. The lowest BCUT2D eigenvalue weighted by molar-refractivity contribution is -0.122. The van der Waals surface area contributed by atoms with Crippen LogP contribution in [0.1, 0.15) is 31.4 Å². The van der Waals surface area contributed by atoms with E-state index in [0.717, 1.165) is 12.0 Å². The van der Waals surface area contributed by atoms with Gasteiger partial charge in [-0.1, -0.05) is 43.3 Å². The van der Waals surface area contributed by atoms with E-state index >= 15 is 0 Å². The van der Waals surface area contributed by atoms with E-state index in [1.807, 2.05) is 63.2 Å². The topological polar surface area (TPSA) is 58.6 Å². The van der Waals surface area contributed by atoms with Crippen LogP contribution < -0.4 is 15.0 Å². The molecule has 0 spiro atoms. The summed E-state index contributed by atoms with van der Waals surface area (Å²) in [6, 6.07) is 14.7. The molecule has 28 heavy (non-hydrogen) atoms. The Bertz CT molecular complexity index is 968. The highest BCUT2D eigenvalue weighted by Crippen LogP contribution is 2.27. The Morgan fingerprint density at radius 1 is 1.14 bits per heavy atom. The molecule has 0 saturated carbocycles. The van der Waals surface area contributed by atoms with Crippen LogP contribution in [0.5, 0.6) is 5.75 Å². The number of hydrogen-bond acceptors (Lipinski definition) is 4. The molecule has 2 aromatic carbocycles. The standard InChI is InChI=1S/C22H22N2O3S/c1-4-15(3)27-19-12-8-6-10-16(19)13-17-20(25)23-22(28)24(21(17)26)18-11-7-5-9-14(18)2/h5-13,15H,4H2,1-3H3,(H,23,25,28)/b17-13+/t15-/m1/s1. The van der Waals surface area contributed by atoms with Gasteiger partial charge in [-0.15, -0.1) is 0 Å². The molecule has 2 amide bonds. The minimum Gasteiger partial charge on any atom is -0.490 e. The Kier molecular flexibility index (Phi) is 5.90. The van der Waals surface area contributed by atoms with Gasteiger partial charge in [0.2, 0.25) is 0 Å². The van der Waals surface area contributed by atoms with Crippen molar-refractivity contribution in [1.29, 1.82) is 0 Å². The van der Waals surface area contributed by atoms with Gasteiger partial charge >= 0.3 is 0 Å². The zero-order valence-corrected chi connectivity index (χ0v) is 16.9. The quantitative estimate of drug-likeness (QED) is 0.473. The molecule has 0 radical (unpaired) electrons. The summed E-state index contributed by atoms with van der Waals surface area (Å²) in [4.78, 5) is 27.0. The Labute approximate surface area is 170 Å². The summed E-state index contributed by atoms with van der Waals surface area (Å²) in [5.41, 5.74) is 2.21. The predicted octanol–water partition coefficient (Wildman–Crippen LogP) is 4.00. The van der Waals surface area contributed by atoms with Crippen LogP contribution in [0.3, 0.4) is 0 Å². The van der Waals surface area contributed by atoms with Crippen LogP contribution in [-0.2, 0) is 9.59 Å². The van der Waals surface area contributed by atoms with E-state index in [4.69, 9.17) is 17.0 Å². The fraction of sp³-hybridized carbons (Fsp3) is 0.227. The average molecular weight is 394 g/mol. The van der Waals surface area contributed by atoms with Gasteiger partial charge in [0.25, 0.3) is 11.8 Å². The second-order valence-corrected chi connectivity index (χ2v) is 7.01. The molecule has 0 unspecified atom stereocenters. The zero-order valence-electron chi connectivity index (χ0n) is 16.1. The van der Waals surface area contributed by atoms with Gasteiger partial charge in [0, 0.05) is 5.56 Å². The first kappa shape index (κ1) is 19.8. The van der Waals surface area contributed by atoms with E-state index in [9.17, 15) is 9.59 Å². The molecule has 5 nitrogen and oxygen atoms in total. The van der Waals surface area contributed by atoms with Crippen molar-refractivity contribution in [3.8, 4) is 5.75 Å². The fourth-order valence-electron chi connectivity index (χ4n) is 2.85. The van der Waals surface area contributed by atoms with Gasteiger partial charge in [0.15, 0.2) is 5.11 Å². The van der Waals surface area contributed by atoms with E-state index in [1.165, 1.54) is 4.90 Å². The molecule has 1 aliphatic rings. The molecule has 1 saturated heterocycles. The molecule has 144 valence electrons. The SMILES string of the molecule is CC[C@@H](C)Oc1ccccc1/C=C1\C(=O)NC(=S)N(c2ccccc2C)C1=O. The molecule has 1 atom stereocenters. The molecule has 1 N–H and O–H groups in total. The number of para-hydroxylation sites is 2. The first-order chi connectivity index (χ1) is 13.4. The minimum atomic E-state index is -0.516. The van der Waals surface area contributed by atoms with Crippen LogP contribution in [0.25, 0.3) is 6.08 Å². The largest absolute Gasteiger partial charge is 0.490 e. The summed E-state index contributed by atoms with van der Waals surface area (Å²) >= 11 is 5.26. The van der Waals surface area contributed by atoms with Gasteiger partial charge in [0.05, 0.1) is 11.8 Å². The first-order valence-electron chi connectivity index (χ1n) is 9.15. The predicted molar refractivity (Wildman–Crippen MR) is 114 cm³/mol. The number of aryl methyl sites for hydroxylation is 1. The molecular formula is C22H22N2O3S. The Morgan fingerprint density at radius 3 is 2.54 bits per heavy atom. The van der Waals surface area contributed by atoms with Gasteiger partial charge in [0.1, 0.15) is 11.3 Å². The van der Waals surface area contributed by atoms with Crippen molar-refractivity contribution in [2.24, 2.45) is 0 Å². The van der Waals surface area contributed by atoms with Crippen LogP contribution >= 0.6 is 12.2 Å². The van der Waals surface area contributed by atoms with Crippen LogP contribution in [0.4, 0.5) is 5.69 Å². The van der Waals surface area contributed by atoms with E-state index in [0.29, 0.717) is 17.0 Å². The lowest BCUT2D eigenvalue weighted by Gasteiger charge is -2.30. The normalized spacial score (nSPS) is 16.9. The second kappa shape index (κ2) is 8.35. The number of ether oxygens (including phenoxy) is 1. The molecule has 2 aromatic rings. The van der Waals surface area contributed by atoms with Crippen molar-refractivity contribution in [2.45, 2.75) is 33.3 Å². The molecule has 0 aliphatic carbocycles. The van der Waals surface area contributed by atoms with Crippen molar-refractivity contribution >= 4 is 40.9 Å². The molecule has 6 heteroatoms. The highest BCUT2D eigenvalue weighted by molar-refractivity contribution is 7.80. The first-order valence-corrected chi connectivity index (χ1v) is 9.56. The fourth-order valence-corrected chi connectivity index (χ4v) is 3.13. The van der Waals surface area contributed by atoms with E-state index in [2.05, 4.69) is 5.32 Å². The van der Waals surface area contributed by atoms with Gasteiger partial charge in [-0.25, -0.2) is 0 Å². The van der Waals surface area contributed by atoms with Gasteiger partial charge in [-0.3, -0.25) is 19.8 Å². The highest BCUT2D eigenvalue weighted by Gasteiger charge is 2.35. The monoisotopic (exact) mass is 394 g/mol. The maximum Gasteiger partial charge on any atom is 0.270 e. The van der Waals surface area contributed by atoms with Crippen LogP contribution in [0, 0.1) is 6.92 Å². The average Bonchev–Trinajstić information content (AvgIpc) is 2.67. The highest BCUT2D eigenvalue weighted by atomic mass is 32.1. The third-order valence-electron chi connectivity index (χ3n) is 4.58. The number of carbonyl (C=O) groups excluding carboxylic acids is 2. The zero-order chi connectivity index (χ0) is 20.3. The number of amides is 2. The molecular weight excluding hydrogens is 372 g/mol. The number of carbonyl (C=O) groups is 2. The lowest BCUT2D eigenvalue weighted by atomic mass is 10.1. The smallest absolute Gasteiger partial charge is 0.270 e. The number of benzene rings is 2. The van der Waals surface area contributed by atoms with Crippen LogP contribution in [0.2, 0.25) is 0 Å². The second-order valence-electron chi connectivity index (χ2n) is 6.62. The number of nitrogens with zero attached hydrogens (tertiary/aromatic N) is 1. The van der Waals surface area contributed by atoms with E-state index in [1.54, 1.807) is 12.1 Å². The molecule has 3 rings (SSSR count). The van der Waals surface area contributed by atoms with Crippen LogP contribution in [-0.4, -0.2) is 23.0 Å². The third-order valence-corrected chi connectivity index (χ3v) is 4.86. The third kappa shape index (κ3) is 3.97. The van der Waals surface area contributed by atoms with E-state index in [-0.39, 0.29) is 16.8 Å². The van der Waals surface area contributed by atoms with Crippen molar-refractivity contribution in [3.05, 3.63) is 65.2 Å². The van der Waals surface area contributed by atoms with Gasteiger partial charge < -0.3 is 4.74 Å². The van der Waals surface area contributed by atoms with Crippen molar-refractivity contribution < 1.29 is 14.3 Å². The lowest BCUT2D eigenvalue weighted by Crippen LogP contribution is -2.54. The number of hydrogen-bond donors (Lipinski definition) is 1. The van der Waals surface area contributed by atoms with Crippen molar-refractivity contribution in [3.63, 3.8) is 0 Å². The summed E-state index contributed by atoms with van der Waals surface area (Å²) in [6.45, 7) is 5.89. The Morgan fingerprint density at radius 2 is 1.82 bits per heavy atom. The molecule has 0 aromatic heterocycles. The molecule has 1 heterocycles. The summed E-state index contributed by atoms with van der Waals surface area (Å²) in [5.74, 6) is -0.347. The summed E-state index contributed by atoms with van der Waals surface area (Å²) in [7, 11) is 0. The summed E-state index contributed by atoms with van der Waals surface area (Å²) < 4.78 is 5.93. The summed E-state index contributed by atoms with van der Waals surface area (Å²) in [5, 5.41) is 2.69. The number of rotatable bonds is 5. The van der Waals surface area contributed by atoms with Crippen molar-refractivity contribution in [1.82, 2.24) is 5.32 Å². The minimum absolute atomic E-state index is 0.0112. The maximum absolute atomic E-state index is 13.2. The van der Waals surface area contributed by atoms with Crippen LogP contribution in [0.15, 0.2) is 54.1 Å².